The van der Waals surface area contributed by atoms with Crippen molar-refractivity contribution in [2.75, 3.05) is 33.8 Å². The molecule has 7 heteroatoms. The Morgan fingerprint density at radius 2 is 1.89 bits per heavy atom. The van der Waals surface area contributed by atoms with Crippen LogP contribution in [-0.4, -0.2) is 57.5 Å². The molecule has 1 aliphatic heterocycles. The van der Waals surface area contributed by atoms with Crippen molar-refractivity contribution in [1.82, 2.24) is 9.21 Å². The smallest absolute Gasteiger partial charge is 0.244 e. The van der Waals surface area contributed by atoms with Crippen LogP contribution in [0.25, 0.3) is 0 Å². The van der Waals surface area contributed by atoms with Gasteiger partial charge in [0.2, 0.25) is 10.0 Å². The predicted octanol–water partition coefficient (Wildman–Crippen LogP) is 2.83. The minimum Gasteiger partial charge on any atom is -0.373 e. The Bertz CT molecular complexity index is 887. The number of rotatable bonds is 5. The molecule has 5 nitrogen and oxygen atoms in total. The zero-order chi connectivity index (χ0) is 19.6. The first kappa shape index (κ1) is 19.9. The van der Waals surface area contributed by atoms with Crippen molar-refractivity contribution in [3.05, 3.63) is 65.5 Å². The van der Waals surface area contributed by atoms with Crippen LogP contribution >= 0.6 is 0 Å². The van der Waals surface area contributed by atoms with Crippen LogP contribution in [0.5, 0.6) is 0 Å². The lowest BCUT2D eigenvalue weighted by atomic mass is 9.99. The topological polar surface area (TPSA) is 49.9 Å². The third kappa shape index (κ3) is 4.21. The summed E-state index contributed by atoms with van der Waals surface area (Å²) in [4.78, 5) is 2.12. The quantitative estimate of drug-likeness (QED) is 0.785. The first-order valence-electron chi connectivity index (χ1n) is 8.90. The average Bonchev–Trinajstić information content (AvgIpc) is 2.61. The summed E-state index contributed by atoms with van der Waals surface area (Å²) in [5.74, 6) is -0.446. The monoisotopic (exact) mass is 392 g/mol. The van der Waals surface area contributed by atoms with Gasteiger partial charge in [-0.15, -0.1) is 0 Å². The Labute approximate surface area is 160 Å². The Kier molecular flexibility index (Phi) is 5.95. The highest BCUT2D eigenvalue weighted by Crippen LogP contribution is 2.35. The standard InChI is InChI=1S/C20H25FN2O3S/c1-15-13-17(21)9-10-19(15)27(24,25)23-11-12-26-18(14-22(2)3)20(23)16-7-5-4-6-8-16/h4-10,13,18,20H,11-12,14H2,1-3H3/t18-,20-/m0/s1. The summed E-state index contributed by atoms with van der Waals surface area (Å²) in [6.45, 7) is 2.78. The molecule has 2 aromatic carbocycles. The molecule has 0 aliphatic carbocycles. The summed E-state index contributed by atoms with van der Waals surface area (Å²) in [6.07, 6.45) is -0.299. The van der Waals surface area contributed by atoms with Gasteiger partial charge in [0, 0.05) is 13.1 Å². The molecule has 1 saturated heterocycles. The highest BCUT2D eigenvalue weighted by molar-refractivity contribution is 7.89. The summed E-state index contributed by atoms with van der Waals surface area (Å²) in [6, 6.07) is 12.9. The number of sulfonamides is 1. The maximum Gasteiger partial charge on any atom is 0.244 e. The van der Waals surface area contributed by atoms with E-state index in [0.29, 0.717) is 18.7 Å². The minimum absolute atomic E-state index is 0.135. The molecular weight excluding hydrogens is 367 g/mol. The maximum absolute atomic E-state index is 13.5. The highest BCUT2D eigenvalue weighted by atomic mass is 32.2. The second-order valence-corrected chi connectivity index (χ2v) is 8.91. The molecule has 0 aromatic heterocycles. The van der Waals surface area contributed by atoms with Gasteiger partial charge in [-0.1, -0.05) is 30.3 Å². The van der Waals surface area contributed by atoms with Crippen molar-refractivity contribution in [1.29, 1.82) is 0 Å². The normalized spacial score (nSPS) is 21.5. The van der Waals surface area contributed by atoms with Crippen LogP contribution in [0.3, 0.4) is 0 Å². The van der Waals surface area contributed by atoms with Crippen LogP contribution in [-0.2, 0) is 14.8 Å². The zero-order valence-electron chi connectivity index (χ0n) is 15.8. The van der Waals surface area contributed by atoms with E-state index >= 15 is 0 Å². The summed E-state index contributed by atoms with van der Waals surface area (Å²) in [7, 11) is 0.0597. The molecule has 0 spiro atoms. The fourth-order valence-corrected chi connectivity index (χ4v) is 5.38. The molecule has 1 fully saturated rings. The maximum atomic E-state index is 13.5. The van der Waals surface area contributed by atoms with Gasteiger partial charge in [0.15, 0.2) is 0 Å². The molecule has 0 unspecified atom stereocenters. The van der Waals surface area contributed by atoms with Crippen molar-refractivity contribution >= 4 is 10.0 Å². The molecule has 27 heavy (non-hydrogen) atoms. The lowest BCUT2D eigenvalue weighted by Crippen LogP contribution is -2.51. The van der Waals surface area contributed by atoms with Gasteiger partial charge in [0.25, 0.3) is 0 Å². The Morgan fingerprint density at radius 1 is 1.19 bits per heavy atom. The van der Waals surface area contributed by atoms with Gasteiger partial charge in [-0.25, -0.2) is 12.8 Å². The van der Waals surface area contributed by atoms with Gasteiger partial charge in [-0.2, -0.15) is 4.31 Å². The van der Waals surface area contributed by atoms with E-state index in [9.17, 15) is 12.8 Å². The van der Waals surface area contributed by atoms with E-state index in [1.54, 1.807) is 6.92 Å². The number of ether oxygens (including phenoxy) is 1. The Balaban J connectivity index is 2.07. The van der Waals surface area contributed by atoms with Gasteiger partial charge < -0.3 is 9.64 Å². The van der Waals surface area contributed by atoms with E-state index in [0.717, 1.165) is 5.56 Å². The molecule has 2 atom stereocenters. The summed E-state index contributed by atoms with van der Waals surface area (Å²) < 4.78 is 47.9. The SMILES string of the molecule is Cc1cc(F)ccc1S(=O)(=O)N1CCO[C@@H](CN(C)C)[C@@H]1c1ccccc1. The van der Waals surface area contributed by atoms with Gasteiger partial charge in [0.05, 0.1) is 23.6 Å². The van der Waals surface area contributed by atoms with E-state index in [4.69, 9.17) is 4.74 Å². The lowest BCUT2D eigenvalue weighted by Gasteiger charge is -2.41. The van der Waals surface area contributed by atoms with E-state index < -0.39 is 21.9 Å². The number of aryl methyl sites for hydroxylation is 1. The molecule has 3 rings (SSSR count). The van der Waals surface area contributed by atoms with Crippen molar-refractivity contribution < 1.29 is 17.5 Å². The zero-order valence-corrected chi connectivity index (χ0v) is 16.6. The van der Waals surface area contributed by atoms with Crippen molar-refractivity contribution in [3.63, 3.8) is 0 Å². The number of halogens is 1. The Morgan fingerprint density at radius 3 is 2.52 bits per heavy atom. The number of likely N-dealkylation sites (N-methyl/N-ethyl adjacent to an activating group) is 1. The largest absolute Gasteiger partial charge is 0.373 e. The predicted molar refractivity (Wildman–Crippen MR) is 103 cm³/mol. The van der Waals surface area contributed by atoms with Crippen LogP contribution in [0.15, 0.2) is 53.4 Å². The molecular formula is C20H25FN2O3S. The molecule has 0 N–H and O–H groups in total. The summed E-state index contributed by atoms with van der Waals surface area (Å²) in [5, 5.41) is 0. The Hall–Kier alpha value is -1.80. The van der Waals surface area contributed by atoms with Crippen LogP contribution < -0.4 is 0 Å². The molecule has 146 valence electrons. The van der Waals surface area contributed by atoms with E-state index in [1.165, 1.54) is 22.5 Å². The lowest BCUT2D eigenvalue weighted by molar-refractivity contribution is -0.0514. The van der Waals surface area contributed by atoms with Crippen LogP contribution in [0.2, 0.25) is 0 Å². The number of benzene rings is 2. The number of morpholine rings is 1. The summed E-state index contributed by atoms with van der Waals surface area (Å²) in [5.41, 5.74) is 1.28. The van der Waals surface area contributed by atoms with Crippen molar-refractivity contribution in [3.8, 4) is 0 Å². The molecule has 1 heterocycles. The third-order valence-electron chi connectivity index (χ3n) is 4.72. The highest BCUT2D eigenvalue weighted by Gasteiger charge is 2.41. The third-order valence-corrected chi connectivity index (χ3v) is 6.76. The molecule has 2 aromatic rings. The first-order valence-corrected chi connectivity index (χ1v) is 10.3. The average molecular weight is 392 g/mol. The molecule has 0 saturated carbocycles. The van der Waals surface area contributed by atoms with E-state index in [1.807, 2.05) is 49.3 Å². The van der Waals surface area contributed by atoms with E-state index in [-0.39, 0.29) is 17.5 Å². The van der Waals surface area contributed by atoms with Crippen molar-refractivity contribution in [2.45, 2.75) is 24.0 Å². The second kappa shape index (κ2) is 8.06. The number of hydrogen-bond acceptors (Lipinski definition) is 4. The van der Waals surface area contributed by atoms with Crippen molar-refractivity contribution in [2.24, 2.45) is 0 Å². The van der Waals surface area contributed by atoms with Gasteiger partial charge >= 0.3 is 0 Å². The summed E-state index contributed by atoms with van der Waals surface area (Å²) >= 11 is 0. The molecule has 0 radical (unpaired) electrons. The first-order chi connectivity index (χ1) is 12.8. The van der Waals surface area contributed by atoms with Gasteiger partial charge in [-0.3, -0.25) is 0 Å². The van der Waals surface area contributed by atoms with Crippen LogP contribution in [0.1, 0.15) is 17.2 Å². The second-order valence-electron chi connectivity index (χ2n) is 7.05. The molecule has 1 aliphatic rings. The minimum atomic E-state index is -3.81. The van der Waals surface area contributed by atoms with Crippen LogP contribution in [0, 0.1) is 12.7 Å². The number of nitrogens with zero attached hydrogens (tertiary/aromatic N) is 2. The van der Waals surface area contributed by atoms with Gasteiger partial charge in [-0.05, 0) is 50.3 Å². The van der Waals surface area contributed by atoms with E-state index in [2.05, 4.69) is 0 Å². The fourth-order valence-electron chi connectivity index (χ4n) is 3.55. The fraction of sp³-hybridized carbons (Fsp3) is 0.400. The molecule has 0 bridgehead atoms. The van der Waals surface area contributed by atoms with Crippen LogP contribution in [0.4, 0.5) is 4.39 Å². The molecule has 0 amide bonds. The number of hydrogen-bond donors (Lipinski definition) is 0. The van der Waals surface area contributed by atoms with Gasteiger partial charge in [0.1, 0.15) is 5.82 Å².